The highest BCUT2D eigenvalue weighted by molar-refractivity contribution is 6.30. The van der Waals surface area contributed by atoms with Crippen LogP contribution in [0.2, 0.25) is 0 Å². The van der Waals surface area contributed by atoms with Gasteiger partial charge in [-0.05, 0) is 0 Å². The van der Waals surface area contributed by atoms with E-state index in [0.717, 1.165) is 0 Å². The predicted molar refractivity (Wildman–Crippen MR) is 38.0 cm³/mol. The Balaban J connectivity index is 0.000000291. The van der Waals surface area contributed by atoms with Gasteiger partial charge < -0.3 is 4.42 Å². The molecule has 0 bridgehead atoms. The number of oxazole rings is 1. The lowest BCUT2D eigenvalue weighted by Gasteiger charge is -1.69. The third-order valence-corrected chi connectivity index (χ3v) is 0.637. The van der Waals surface area contributed by atoms with Gasteiger partial charge in [0.05, 0.1) is 0 Å². The molecule has 0 aliphatic rings. The van der Waals surface area contributed by atoms with E-state index in [1.807, 2.05) is 13.8 Å². The van der Waals surface area contributed by atoms with E-state index in [-0.39, 0.29) is 0 Å². The van der Waals surface area contributed by atoms with Gasteiger partial charge in [0, 0.05) is 12.5 Å². The van der Waals surface area contributed by atoms with Gasteiger partial charge in [0.15, 0.2) is 5.89 Å². The van der Waals surface area contributed by atoms with E-state index in [1.54, 1.807) is 6.92 Å². The maximum atomic E-state index is 5.17. The maximum Gasteiger partial charge on any atom is 0.190 e. The Morgan fingerprint density at radius 1 is 1.56 bits per heavy atom. The van der Waals surface area contributed by atoms with Gasteiger partial charge in [-0.1, -0.05) is 13.8 Å². The second-order valence-electron chi connectivity index (χ2n) is 1.29. The zero-order valence-corrected chi connectivity index (χ0v) is 6.01. The summed E-state index contributed by atoms with van der Waals surface area (Å²) >= 11 is 0. The molecule has 3 heteroatoms. The Morgan fingerprint density at radius 3 is 2.22 bits per heavy atom. The van der Waals surface area contributed by atoms with Gasteiger partial charge >= 0.3 is 0 Å². The molecule has 0 aromatic carbocycles. The van der Waals surface area contributed by atoms with Crippen molar-refractivity contribution in [1.29, 1.82) is 0 Å². The predicted octanol–water partition coefficient (Wildman–Crippen LogP) is 0.803. The van der Waals surface area contributed by atoms with Crippen LogP contribution in [0.25, 0.3) is 0 Å². The van der Waals surface area contributed by atoms with E-state index in [1.165, 1.54) is 6.26 Å². The summed E-state index contributed by atoms with van der Waals surface area (Å²) in [6, 6.07) is 0. The summed E-state index contributed by atoms with van der Waals surface area (Å²) in [6.07, 6.45) is 1.41. The molecule has 0 saturated heterocycles. The van der Waals surface area contributed by atoms with E-state index in [9.17, 15) is 0 Å². The Kier molecular flexibility index (Phi) is 3.85. The number of aromatic nitrogens is 1. The summed E-state index contributed by atoms with van der Waals surface area (Å²) < 4.78 is 4.73. The summed E-state index contributed by atoms with van der Waals surface area (Å²) in [4.78, 5) is 3.72. The van der Waals surface area contributed by atoms with Crippen LogP contribution >= 0.6 is 0 Å². The van der Waals surface area contributed by atoms with Crippen LogP contribution in [0.1, 0.15) is 19.7 Å². The van der Waals surface area contributed by atoms with E-state index in [4.69, 9.17) is 12.3 Å². The minimum atomic E-state index is 0.442. The van der Waals surface area contributed by atoms with Crippen LogP contribution in [0.3, 0.4) is 0 Å². The highest BCUT2D eigenvalue weighted by Gasteiger charge is 1.87. The summed E-state index contributed by atoms with van der Waals surface area (Å²) in [5, 5.41) is 0. The molecule has 0 aliphatic carbocycles. The number of rotatable bonds is 0. The first-order valence-electron chi connectivity index (χ1n) is 2.96. The Bertz CT molecular complexity index is 145. The molecule has 2 nitrogen and oxygen atoms in total. The SMILES string of the molecule is CC.[B]c1coc(C)n1. The minimum Gasteiger partial charge on any atom is -0.450 e. The first kappa shape index (κ1) is 8.27. The fraction of sp³-hybridized carbons (Fsp3) is 0.500. The number of hydrogen-bond acceptors (Lipinski definition) is 2. The van der Waals surface area contributed by atoms with Crippen LogP contribution in [-0.4, -0.2) is 12.8 Å². The van der Waals surface area contributed by atoms with Crippen molar-refractivity contribution in [1.82, 2.24) is 4.98 Å². The molecule has 9 heavy (non-hydrogen) atoms. The van der Waals surface area contributed by atoms with Crippen LogP contribution in [0, 0.1) is 6.92 Å². The van der Waals surface area contributed by atoms with Gasteiger partial charge in [-0.25, -0.2) is 4.98 Å². The van der Waals surface area contributed by atoms with E-state index >= 15 is 0 Å². The van der Waals surface area contributed by atoms with Crippen LogP contribution in [0.5, 0.6) is 0 Å². The molecular formula is C6H10BNO. The van der Waals surface area contributed by atoms with Gasteiger partial charge in [-0.15, -0.1) is 0 Å². The molecule has 1 heterocycles. The van der Waals surface area contributed by atoms with Crippen molar-refractivity contribution in [3.05, 3.63) is 12.2 Å². The normalized spacial score (nSPS) is 7.89. The third-order valence-electron chi connectivity index (χ3n) is 0.637. The van der Waals surface area contributed by atoms with Gasteiger partial charge in [-0.2, -0.15) is 0 Å². The minimum absolute atomic E-state index is 0.442. The Morgan fingerprint density at radius 2 is 2.11 bits per heavy atom. The zero-order valence-electron chi connectivity index (χ0n) is 6.01. The highest BCUT2D eigenvalue weighted by atomic mass is 16.3. The van der Waals surface area contributed by atoms with Crippen molar-refractivity contribution in [3.63, 3.8) is 0 Å². The van der Waals surface area contributed by atoms with E-state index < -0.39 is 0 Å². The summed E-state index contributed by atoms with van der Waals surface area (Å²) in [6.45, 7) is 5.75. The molecule has 0 saturated carbocycles. The standard InChI is InChI=1S/C4H4BNO.C2H6/c1-3-6-4(5)2-7-3;1-2/h2H,1H3;1-2H3. The van der Waals surface area contributed by atoms with Gasteiger partial charge in [-0.3, -0.25) is 0 Å². The molecule has 0 N–H and O–H groups in total. The van der Waals surface area contributed by atoms with Crippen LogP contribution in [-0.2, 0) is 0 Å². The van der Waals surface area contributed by atoms with Crippen molar-refractivity contribution >= 4 is 13.4 Å². The molecular weight excluding hydrogens is 113 g/mol. The highest BCUT2D eigenvalue weighted by Crippen LogP contribution is 1.83. The summed E-state index contributed by atoms with van der Waals surface area (Å²) in [7, 11) is 5.17. The van der Waals surface area contributed by atoms with E-state index in [0.29, 0.717) is 11.5 Å². The smallest absolute Gasteiger partial charge is 0.190 e. The second kappa shape index (κ2) is 4.18. The molecule has 0 amide bonds. The molecule has 2 radical (unpaired) electrons. The molecule has 0 unspecified atom stereocenters. The summed E-state index contributed by atoms with van der Waals surface area (Å²) in [5.74, 6) is 0.609. The molecule has 0 aliphatic heterocycles. The van der Waals surface area contributed by atoms with Crippen molar-refractivity contribution in [3.8, 4) is 0 Å². The second-order valence-corrected chi connectivity index (χ2v) is 1.29. The van der Waals surface area contributed by atoms with Crippen molar-refractivity contribution < 1.29 is 4.42 Å². The fourth-order valence-corrected chi connectivity index (χ4v) is 0.380. The molecule has 0 atom stereocenters. The lowest BCUT2D eigenvalue weighted by molar-refractivity contribution is 0.522. The Labute approximate surface area is 56.7 Å². The van der Waals surface area contributed by atoms with Gasteiger partial charge in [0.25, 0.3) is 0 Å². The first-order chi connectivity index (χ1) is 4.29. The lowest BCUT2D eigenvalue weighted by atomic mass is 10.1. The van der Waals surface area contributed by atoms with Crippen molar-refractivity contribution in [2.45, 2.75) is 20.8 Å². The average molecular weight is 123 g/mol. The fourth-order valence-electron chi connectivity index (χ4n) is 0.380. The molecule has 0 fully saturated rings. The van der Waals surface area contributed by atoms with Crippen molar-refractivity contribution in [2.24, 2.45) is 0 Å². The first-order valence-corrected chi connectivity index (χ1v) is 2.96. The molecule has 1 aromatic rings. The molecule has 48 valence electrons. The van der Waals surface area contributed by atoms with E-state index in [2.05, 4.69) is 4.98 Å². The van der Waals surface area contributed by atoms with Crippen LogP contribution in [0.4, 0.5) is 0 Å². The number of hydrogen-bond donors (Lipinski definition) is 0. The van der Waals surface area contributed by atoms with Crippen LogP contribution < -0.4 is 5.59 Å². The summed E-state index contributed by atoms with van der Waals surface area (Å²) in [5.41, 5.74) is 0.442. The quantitative estimate of drug-likeness (QED) is 0.477. The number of aryl methyl sites for hydroxylation is 1. The van der Waals surface area contributed by atoms with Gasteiger partial charge in [0.1, 0.15) is 14.1 Å². The maximum absolute atomic E-state index is 5.17. The van der Waals surface area contributed by atoms with Crippen molar-refractivity contribution in [2.75, 3.05) is 0 Å². The largest absolute Gasteiger partial charge is 0.450 e. The molecule has 1 rings (SSSR count). The lowest BCUT2D eigenvalue weighted by Crippen LogP contribution is -2.00. The third kappa shape index (κ3) is 2.96. The zero-order chi connectivity index (χ0) is 7.28. The van der Waals surface area contributed by atoms with Crippen LogP contribution in [0.15, 0.2) is 10.7 Å². The Hall–Kier alpha value is -0.725. The van der Waals surface area contributed by atoms with Gasteiger partial charge in [0.2, 0.25) is 0 Å². The molecule has 0 spiro atoms. The topological polar surface area (TPSA) is 26.0 Å². The number of nitrogens with zero attached hydrogens (tertiary/aromatic N) is 1. The average Bonchev–Trinajstić information content (AvgIpc) is 2.20. The molecule has 1 aromatic heterocycles. The monoisotopic (exact) mass is 123 g/mol.